The average Bonchev–Trinajstić information content (AvgIpc) is 0.993. The second kappa shape index (κ2) is 36.5. The average molecular weight is 1230 g/mol. The number of esters is 4. The molecule has 2 aliphatic rings. The van der Waals surface area contributed by atoms with E-state index < -0.39 is 77.4 Å². The Morgan fingerprint density at radius 2 is 1.07 bits per heavy atom. The fourth-order valence-corrected chi connectivity index (χ4v) is 10.5. The molecule has 5 unspecified atom stereocenters. The molecule has 24 heteroatoms. The number of hydrogen-bond acceptors (Lipinski definition) is 19. The summed E-state index contributed by atoms with van der Waals surface area (Å²) >= 11 is 0. The highest BCUT2D eigenvalue weighted by atomic mass is 16.7. The molecule has 2 fully saturated rings. The van der Waals surface area contributed by atoms with E-state index in [1.807, 2.05) is 77.7 Å². The molecule has 0 bridgehead atoms. The first-order valence-corrected chi connectivity index (χ1v) is 30.0. The van der Waals surface area contributed by atoms with E-state index in [1.54, 1.807) is 21.3 Å². The van der Waals surface area contributed by atoms with Gasteiger partial charge in [0.05, 0.1) is 47.4 Å². The second-order valence-corrected chi connectivity index (χ2v) is 22.0. The molecule has 5 atom stereocenters. The molecule has 0 radical (unpaired) electrons. The van der Waals surface area contributed by atoms with Crippen molar-refractivity contribution < 1.29 is 95.6 Å². The third kappa shape index (κ3) is 22.7. The Morgan fingerprint density at radius 1 is 0.580 bits per heavy atom. The van der Waals surface area contributed by atoms with Crippen molar-refractivity contribution in [3.05, 3.63) is 89.5 Å². The molecule has 3 aromatic rings. The van der Waals surface area contributed by atoms with Crippen molar-refractivity contribution in [2.45, 2.75) is 160 Å². The summed E-state index contributed by atoms with van der Waals surface area (Å²) < 4.78 is 57.7. The molecule has 4 amide bonds. The highest BCUT2D eigenvalue weighted by Crippen LogP contribution is 2.45. The monoisotopic (exact) mass is 1230 g/mol. The molecule has 4 N–H and O–H groups in total. The molecular formula is C64H88N4O20. The van der Waals surface area contributed by atoms with Crippen LogP contribution in [-0.4, -0.2) is 168 Å². The van der Waals surface area contributed by atoms with Crippen molar-refractivity contribution in [3.63, 3.8) is 0 Å². The number of likely N-dealkylation sites (tertiary alicyclic amines) is 1. The van der Waals surface area contributed by atoms with Crippen LogP contribution in [0.15, 0.2) is 72.8 Å². The molecule has 3 aromatic carbocycles. The first-order valence-electron chi connectivity index (χ1n) is 30.0. The van der Waals surface area contributed by atoms with Crippen LogP contribution in [0, 0.1) is 5.41 Å². The fourth-order valence-electron chi connectivity index (χ4n) is 10.5. The van der Waals surface area contributed by atoms with Crippen molar-refractivity contribution in [1.29, 1.82) is 0 Å². The van der Waals surface area contributed by atoms with Gasteiger partial charge in [0, 0.05) is 85.2 Å². The van der Waals surface area contributed by atoms with Crippen LogP contribution in [-0.2, 0) is 81.9 Å². The summed E-state index contributed by atoms with van der Waals surface area (Å²) in [5.41, 5.74) is 0.403. The van der Waals surface area contributed by atoms with Gasteiger partial charge in [-0.15, -0.1) is 0 Å². The number of aliphatic carboxylic acids is 1. The molecular weight excluding hydrogens is 1140 g/mol. The van der Waals surface area contributed by atoms with Crippen LogP contribution in [0.1, 0.15) is 141 Å². The summed E-state index contributed by atoms with van der Waals surface area (Å²) in [5.74, 6) is -2.58. The van der Waals surface area contributed by atoms with E-state index >= 15 is 0 Å². The number of carbonyl (C=O) groups excluding carboxylic acids is 8. The lowest BCUT2D eigenvalue weighted by atomic mass is 9.77. The second-order valence-electron chi connectivity index (χ2n) is 22.0. The summed E-state index contributed by atoms with van der Waals surface area (Å²) in [7, 11) is 4.78. The topological polar surface area (TPSA) is 305 Å². The third-order valence-corrected chi connectivity index (χ3v) is 15.3. The Labute approximate surface area is 514 Å². The zero-order valence-corrected chi connectivity index (χ0v) is 51.7. The van der Waals surface area contributed by atoms with E-state index in [4.69, 9.17) is 47.4 Å². The van der Waals surface area contributed by atoms with Gasteiger partial charge in [-0.25, -0.2) is 0 Å². The van der Waals surface area contributed by atoms with Gasteiger partial charge in [0.15, 0.2) is 18.5 Å². The maximum Gasteiger partial charge on any atom is 0.306 e. The summed E-state index contributed by atoms with van der Waals surface area (Å²) in [4.78, 5) is 113. The molecule has 0 aliphatic carbocycles. The molecule has 2 saturated heterocycles. The van der Waals surface area contributed by atoms with Gasteiger partial charge in [-0.1, -0.05) is 49.2 Å². The van der Waals surface area contributed by atoms with Gasteiger partial charge in [-0.3, -0.25) is 43.2 Å². The highest BCUT2D eigenvalue weighted by molar-refractivity contribution is 5.78. The number of amides is 4. The van der Waals surface area contributed by atoms with E-state index in [1.165, 1.54) is 13.8 Å². The van der Waals surface area contributed by atoms with Gasteiger partial charge in [-0.05, 0) is 104 Å². The first kappa shape index (κ1) is 70.9. The Hall–Kier alpha value is -7.83. The summed E-state index contributed by atoms with van der Waals surface area (Å²) in [6, 6.07) is 21.7. The number of methoxy groups -OCH3 is 3. The largest absolute Gasteiger partial charge is 0.497 e. The summed E-state index contributed by atoms with van der Waals surface area (Å²) in [5, 5.41) is 17.8. The molecule has 5 rings (SSSR count). The molecule has 0 saturated carbocycles. The number of unbranched alkanes of at least 4 members (excludes halogenated alkanes) is 5. The van der Waals surface area contributed by atoms with Crippen LogP contribution in [0.25, 0.3) is 0 Å². The van der Waals surface area contributed by atoms with Crippen molar-refractivity contribution in [1.82, 2.24) is 20.9 Å². The lowest BCUT2D eigenvalue weighted by Crippen LogP contribution is -2.66. The van der Waals surface area contributed by atoms with Crippen molar-refractivity contribution >= 4 is 53.5 Å². The Kier molecular flexibility index (Phi) is 29.4. The van der Waals surface area contributed by atoms with Gasteiger partial charge in [0.25, 0.3) is 0 Å². The predicted octanol–water partition coefficient (Wildman–Crippen LogP) is 6.23. The van der Waals surface area contributed by atoms with Gasteiger partial charge in [0.2, 0.25) is 23.6 Å². The molecule has 2 aliphatic heterocycles. The third-order valence-electron chi connectivity index (χ3n) is 15.3. The normalized spacial score (nSPS) is 17.9. The number of nitrogens with zero attached hydrogens (tertiary/aromatic N) is 1. The number of carboxylic acid groups (broad SMARTS) is 1. The minimum Gasteiger partial charge on any atom is -0.497 e. The zero-order chi connectivity index (χ0) is 64.1. The van der Waals surface area contributed by atoms with Crippen LogP contribution in [0.4, 0.5) is 0 Å². The highest BCUT2D eigenvalue weighted by Gasteiger charge is 2.51. The van der Waals surface area contributed by atoms with Crippen molar-refractivity contribution in [2.24, 2.45) is 5.41 Å². The van der Waals surface area contributed by atoms with E-state index in [-0.39, 0.29) is 63.4 Å². The Balaban J connectivity index is 1.03. The minimum absolute atomic E-state index is 0.00295. The molecule has 0 spiro atoms. The van der Waals surface area contributed by atoms with Crippen LogP contribution in [0.2, 0.25) is 0 Å². The maximum absolute atomic E-state index is 13.7. The van der Waals surface area contributed by atoms with Gasteiger partial charge in [-0.2, -0.15) is 0 Å². The number of carbonyl (C=O) groups is 9. The summed E-state index contributed by atoms with van der Waals surface area (Å²) in [6.07, 6.45) is 1.31. The van der Waals surface area contributed by atoms with Crippen LogP contribution < -0.4 is 30.2 Å². The number of benzene rings is 3. The van der Waals surface area contributed by atoms with E-state index in [0.717, 1.165) is 43.4 Å². The molecule has 2 heterocycles. The maximum atomic E-state index is 13.7. The minimum atomic E-state index is -1.24. The van der Waals surface area contributed by atoms with Gasteiger partial charge in [0.1, 0.15) is 41.6 Å². The Bertz CT molecular complexity index is 2620. The lowest BCUT2D eigenvalue weighted by molar-refractivity contribution is -0.277. The standard InChI is InChI=1S/C64H88N4O20/c1-43(69)67-59-61(87-46(4)72)60(86-45(3)71)53(40-83-44(2)70)88-62(59)82-39-15-12-17-55(74)66-35-13-8-10-16-54(73)65-36-14-9-11-18-56(75)68-37-33-63(34-38-68,41-84-58(78)32-31-57(76)77)42-85-64(47-19-25-50(79-5)26-20-47,48-21-27-51(80-6)28-22-48)49-23-29-52(81-7)30-24-49/h19-30,53,59-62H,8-18,31-42H2,1-7H3,(H,65,73)(H,66,74)(H,67,69)(H,76,77). The number of carboxylic acids is 1. The lowest BCUT2D eigenvalue weighted by Gasteiger charge is -2.44. The number of nitrogens with one attached hydrogen (secondary N) is 3. The first-order chi connectivity index (χ1) is 42.2. The number of rotatable bonds is 37. The zero-order valence-electron chi connectivity index (χ0n) is 51.7. The smallest absolute Gasteiger partial charge is 0.306 e. The molecule has 0 aromatic heterocycles. The predicted molar refractivity (Wildman–Crippen MR) is 318 cm³/mol. The van der Waals surface area contributed by atoms with E-state index in [9.17, 15) is 48.3 Å². The van der Waals surface area contributed by atoms with E-state index in [0.29, 0.717) is 108 Å². The fraction of sp³-hybridized carbons (Fsp3) is 0.578. The van der Waals surface area contributed by atoms with Crippen molar-refractivity contribution in [2.75, 3.05) is 73.9 Å². The molecule has 484 valence electrons. The van der Waals surface area contributed by atoms with Crippen LogP contribution >= 0.6 is 0 Å². The van der Waals surface area contributed by atoms with Crippen LogP contribution in [0.5, 0.6) is 17.2 Å². The summed E-state index contributed by atoms with van der Waals surface area (Å²) in [6.45, 7) is 6.19. The molecule has 24 nitrogen and oxygen atoms in total. The van der Waals surface area contributed by atoms with Gasteiger partial charge >= 0.3 is 29.8 Å². The number of piperidine rings is 1. The molecule has 88 heavy (non-hydrogen) atoms. The van der Waals surface area contributed by atoms with Crippen molar-refractivity contribution in [3.8, 4) is 17.2 Å². The number of hydrogen-bond donors (Lipinski definition) is 4. The van der Waals surface area contributed by atoms with E-state index in [2.05, 4.69) is 16.0 Å². The quantitative estimate of drug-likeness (QED) is 0.0215. The number of ether oxygens (including phenoxy) is 10. The van der Waals surface area contributed by atoms with Gasteiger partial charge < -0.3 is 73.3 Å². The van der Waals surface area contributed by atoms with Crippen LogP contribution in [0.3, 0.4) is 0 Å². The SMILES string of the molecule is COc1ccc(C(OCC2(COC(=O)CCC(=O)O)CCN(C(=O)CCCCCNC(=O)CCCCCNC(=O)CCCCOC3OC(COC(C)=O)C(OC(C)=O)C(OC(C)=O)C3NC(C)=O)CC2)(c2ccc(OC)cc2)c2ccc(OC)cc2)cc1. The Morgan fingerprint density at radius 3 is 1.53 bits per heavy atom.